The van der Waals surface area contributed by atoms with E-state index in [9.17, 15) is 9.59 Å². The van der Waals surface area contributed by atoms with Crippen LogP contribution in [-0.2, 0) is 11.3 Å². The van der Waals surface area contributed by atoms with Gasteiger partial charge in [-0.15, -0.1) is 11.8 Å². The third-order valence-electron chi connectivity index (χ3n) is 5.24. The van der Waals surface area contributed by atoms with Crippen LogP contribution in [-0.4, -0.2) is 39.6 Å². The molecule has 3 aromatic rings. The van der Waals surface area contributed by atoms with E-state index in [-0.39, 0.29) is 17.5 Å². The fraction of sp³-hybridized carbons (Fsp3) is 0.348. The van der Waals surface area contributed by atoms with Crippen LogP contribution in [0.1, 0.15) is 32.5 Å². The molecular formula is C23H28N4O2S. The van der Waals surface area contributed by atoms with Gasteiger partial charge >= 0.3 is 0 Å². The summed E-state index contributed by atoms with van der Waals surface area (Å²) in [6.45, 7) is 5.31. The lowest BCUT2D eigenvalue weighted by molar-refractivity contribution is -0.116. The van der Waals surface area contributed by atoms with E-state index in [2.05, 4.69) is 34.0 Å². The summed E-state index contributed by atoms with van der Waals surface area (Å²) in [6, 6.07) is 15.4. The molecule has 1 heterocycles. The third kappa shape index (κ3) is 5.49. The zero-order valence-electron chi connectivity index (χ0n) is 17.6. The molecule has 2 N–H and O–H groups in total. The van der Waals surface area contributed by atoms with Crippen LogP contribution in [0.15, 0.2) is 58.2 Å². The van der Waals surface area contributed by atoms with E-state index < -0.39 is 0 Å². The SMILES string of the molecule is CCC(C)N(CCC(=O)Nc1ccccc1SC)Cc1nc2ccccc2c(=O)[nH]1. The molecule has 1 atom stereocenters. The Morgan fingerprint density at radius 2 is 1.93 bits per heavy atom. The zero-order valence-corrected chi connectivity index (χ0v) is 18.5. The van der Waals surface area contributed by atoms with Crippen LogP contribution in [0, 0.1) is 0 Å². The Balaban J connectivity index is 1.69. The first-order valence-corrected chi connectivity index (χ1v) is 11.4. The molecule has 0 radical (unpaired) electrons. The Morgan fingerprint density at radius 3 is 2.70 bits per heavy atom. The van der Waals surface area contributed by atoms with E-state index in [0.29, 0.717) is 36.2 Å². The van der Waals surface area contributed by atoms with Crippen molar-refractivity contribution in [3.05, 3.63) is 64.7 Å². The highest BCUT2D eigenvalue weighted by Crippen LogP contribution is 2.24. The number of benzene rings is 2. The zero-order chi connectivity index (χ0) is 21.5. The molecule has 2 aromatic carbocycles. The van der Waals surface area contributed by atoms with Crippen molar-refractivity contribution < 1.29 is 4.79 Å². The minimum atomic E-state index is -0.133. The summed E-state index contributed by atoms with van der Waals surface area (Å²) in [5.74, 6) is 0.594. The topological polar surface area (TPSA) is 78.1 Å². The normalized spacial score (nSPS) is 12.3. The molecule has 1 aromatic heterocycles. The monoisotopic (exact) mass is 424 g/mol. The number of thioether (sulfide) groups is 1. The van der Waals surface area contributed by atoms with Crippen molar-refractivity contribution in [2.75, 3.05) is 18.1 Å². The molecule has 0 saturated carbocycles. The molecule has 158 valence electrons. The number of anilines is 1. The Kier molecular flexibility index (Phi) is 7.65. The number of hydrogen-bond donors (Lipinski definition) is 2. The number of aromatic nitrogens is 2. The van der Waals surface area contributed by atoms with Gasteiger partial charge < -0.3 is 10.3 Å². The van der Waals surface area contributed by atoms with Crippen LogP contribution in [0.25, 0.3) is 10.9 Å². The van der Waals surface area contributed by atoms with E-state index in [1.807, 2.05) is 48.7 Å². The van der Waals surface area contributed by atoms with Gasteiger partial charge in [0.15, 0.2) is 0 Å². The van der Waals surface area contributed by atoms with Gasteiger partial charge in [-0.3, -0.25) is 14.5 Å². The Morgan fingerprint density at radius 1 is 1.20 bits per heavy atom. The lowest BCUT2D eigenvalue weighted by atomic mass is 10.2. The summed E-state index contributed by atoms with van der Waals surface area (Å²) in [5.41, 5.74) is 1.39. The van der Waals surface area contributed by atoms with Crippen LogP contribution in [0.2, 0.25) is 0 Å². The number of carbonyl (C=O) groups is 1. The summed E-state index contributed by atoms with van der Waals surface area (Å²) in [6.07, 6.45) is 3.30. The number of amides is 1. The van der Waals surface area contributed by atoms with Gasteiger partial charge in [-0.25, -0.2) is 4.98 Å². The molecule has 0 aliphatic rings. The van der Waals surface area contributed by atoms with Crippen LogP contribution >= 0.6 is 11.8 Å². The summed E-state index contributed by atoms with van der Waals surface area (Å²) in [4.78, 5) is 35.7. The summed E-state index contributed by atoms with van der Waals surface area (Å²) < 4.78 is 0. The average Bonchev–Trinajstić information content (AvgIpc) is 2.76. The van der Waals surface area contributed by atoms with E-state index in [4.69, 9.17) is 0 Å². The molecule has 0 saturated heterocycles. The molecule has 0 spiro atoms. The first-order valence-electron chi connectivity index (χ1n) is 10.2. The largest absolute Gasteiger partial charge is 0.325 e. The Labute approximate surface area is 181 Å². The number of nitrogens with one attached hydrogen (secondary N) is 2. The smallest absolute Gasteiger partial charge is 0.258 e. The predicted octanol–water partition coefficient (Wildman–Crippen LogP) is 4.27. The van der Waals surface area contributed by atoms with Crippen LogP contribution in [0.3, 0.4) is 0 Å². The second kappa shape index (κ2) is 10.4. The maximum atomic E-state index is 12.6. The van der Waals surface area contributed by atoms with Gasteiger partial charge in [0.05, 0.1) is 23.1 Å². The molecule has 0 aliphatic carbocycles. The summed E-state index contributed by atoms with van der Waals surface area (Å²) in [5, 5.41) is 3.60. The number of hydrogen-bond acceptors (Lipinski definition) is 5. The lowest BCUT2D eigenvalue weighted by Gasteiger charge is -2.27. The number of aromatic amines is 1. The van der Waals surface area contributed by atoms with Crippen molar-refractivity contribution >= 4 is 34.3 Å². The second-order valence-corrected chi connectivity index (χ2v) is 8.10. The van der Waals surface area contributed by atoms with Crippen LogP contribution in [0.5, 0.6) is 0 Å². The molecule has 1 amide bonds. The van der Waals surface area contributed by atoms with Gasteiger partial charge in [0.25, 0.3) is 5.56 Å². The van der Waals surface area contributed by atoms with E-state index >= 15 is 0 Å². The van der Waals surface area contributed by atoms with Gasteiger partial charge in [0.2, 0.25) is 5.91 Å². The minimum Gasteiger partial charge on any atom is -0.325 e. The van der Waals surface area contributed by atoms with Crippen LogP contribution in [0.4, 0.5) is 5.69 Å². The third-order valence-corrected chi connectivity index (χ3v) is 6.03. The number of carbonyl (C=O) groups excluding carboxylic acids is 1. The molecule has 1 unspecified atom stereocenters. The van der Waals surface area contributed by atoms with Crippen molar-refractivity contribution in [3.63, 3.8) is 0 Å². The molecule has 30 heavy (non-hydrogen) atoms. The molecule has 0 bridgehead atoms. The Bertz CT molecular complexity index is 1070. The minimum absolute atomic E-state index is 0.0234. The van der Waals surface area contributed by atoms with Crippen molar-refractivity contribution in [3.8, 4) is 0 Å². The van der Waals surface area contributed by atoms with E-state index in [0.717, 1.165) is 17.0 Å². The fourth-order valence-electron chi connectivity index (χ4n) is 3.32. The lowest BCUT2D eigenvalue weighted by Crippen LogP contribution is -2.36. The molecular weight excluding hydrogens is 396 g/mol. The first-order chi connectivity index (χ1) is 14.5. The van der Waals surface area contributed by atoms with E-state index in [1.165, 1.54) is 0 Å². The van der Waals surface area contributed by atoms with Gasteiger partial charge in [-0.2, -0.15) is 0 Å². The Hall–Kier alpha value is -2.64. The maximum absolute atomic E-state index is 12.6. The summed E-state index contributed by atoms with van der Waals surface area (Å²) >= 11 is 1.61. The standard InChI is InChI=1S/C23H28N4O2S/c1-4-16(2)27(14-13-22(28)25-19-11-7-8-12-20(19)30-3)15-21-24-18-10-6-5-9-17(18)23(29)26-21/h5-12,16H,4,13-15H2,1-3H3,(H,25,28)(H,24,26,29). The second-order valence-electron chi connectivity index (χ2n) is 7.26. The van der Waals surface area contributed by atoms with Gasteiger partial charge in [0, 0.05) is 23.9 Å². The van der Waals surface area contributed by atoms with Crippen LogP contribution < -0.4 is 10.9 Å². The first kappa shape index (κ1) is 22.1. The quantitative estimate of drug-likeness (QED) is 0.502. The molecule has 0 aliphatic heterocycles. The summed E-state index contributed by atoms with van der Waals surface area (Å²) in [7, 11) is 0. The maximum Gasteiger partial charge on any atom is 0.258 e. The van der Waals surface area contributed by atoms with Gasteiger partial charge in [-0.1, -0.05) is 31.2 Å². The van der Waals surface area contributed by atoms with Crippen molar-refractivity contribution in [2.45, 2.75) is 44.2 Å². The molecule has 6 nitrogen and oxygen atoms in total. The number of rotatable bonds is 9. The average molecular weight is 425 g/mol. The van der Waals surface area contributed by atoms with E-state index in [1.54, 1.807) is 17.8 Å². The van der Waals surface area contributed by atoms with Crippen molar-refractivity contribution in [2.24, 2.45) is 0 Å². The highest BCUT2D eigenvalue weighted by Gasteiger charge is 2.17. The van der Waals surface area contributed by atoms with Crippen molar-refractivity contribution in [1.82, 2.24) is 14.9 Å². The highest BCUT2D eigenvalue weighted by molar-refractivity contribution is 7.98. The van der Waals surface area contributed by atoms with Crippen molar-refractivity contribution in [1.29, 1.82) is 0 Å². The predicted molar refractivity (Wildman–Crippen MR) is 124 cm³/mol. The number of para-hydroxylation sites is 2. The number of H-pyrrole nitrogens is 1. The fourth-order valence-corrected chi connectivity index (χ4v) is 3.88. The van der Waals surface area contributed by atoms with Gasteiger partial charge in [0.1, 0.15) is 5.82 Å². The van der Waals surface area contributed by atoms with Gasteiger partial charge in [-0.05, 0) is 43.9 Å². The number of nitrogens with zero attached hydrogens (tertiary/aromatic N) is 2. The highest BCUT2D eigenvalue weighted by atomic mass is 32.2. The molecule has 0 fully saturated rings. The molecule has 3 rings (SSSR count). The number of fused-ring (bicyclic) bond motifs is 1. The molecule has 7 heteroatoms.